The summed E-state index contributed by atoms with van der Waals surface area (Å²) in [6, 6.07) is 4.99. The van der Waals surface area contributed by atoms with Crippen molar-refractivity contribution in [1.29, 1.82) is 0 Å². The van der Waals surface area contributed by atoms with Crippen LogP contribution in [0.5, 0.6) is 11.5 Å². The Kier molecular flexibility index (Phi) is 10.00. The molecule has 0 saturated carbocycles. The fourth-order valence-corrected chi connectivity index (χ4v) is 3.76. The van der Waals surface area contributed by atoms with Crippen molar-refractivity contribution in [3.8, 4) is 11.5 Å². The molecule has 1 aliphatic rings. The van der Waals surface area contributed by atoms with Gasteiger partial charge in [0, 0.05) is 50.8 Å². The summed E-state index contributed by atoms with van der Waals surface area (Å²) in [5, 5.41) is 10.6. The van der Waals surface area contributed by atoms with Crippen LogP contribution >= 0.6 is 0 Å². The summed E-state index contributed by atoms with van der Waals surface area (Å²) >= 11 is 0. The molecule has 34 heavy (non-hydrogen) atoms. The van der Waals surface area contributed by atoms with E-state index in [0.717, 1.165) is 0 Å². The SMILES string of the molecule is COCCCOc1cc(C(=O)N(C[C@H]2CN(C(=O)OC(C)(C)C)C[C@@H]2O)C(C)C)ccc1OC. The first kappa shape index (κ1) is 27.7. The maximum absolute atomic E-state index is 13.4. The lowest BCUT2D eigenvalue weighted by Gasteiger charge is -2.30. The van der Waals surface area contributed by atoms with E-state index >= 15 is 0 Å². The third kappa shape index (κ3) is 7.77. The Morgan fingerprint density at radius 2 is 1.85 bits per heavy atom. The molecule has 1 fully saturated rings. The predicted octanol–water partition coefficient (Wildman–Crippen LogP) is 3.19. The van der Waals surface area contributed by atoms with Crippen LogP contribution < -0.4 is 9.47 Å². The molecule has 2 rings (SSSR count). The molecule has 0 aliphatic carbocycles. The van der Waals surface area contributed by atoms with E-state index in [1.54, 1.807) is 58.1 Å². The van der Waals surface area contributed by atoms with E-state index < -0.39 is 17.8 Å². The number of hydrogen-bond acceptors (Lipinski definition) is 7. The van der Waals surface area contributed by atoms with Gasteiger partial charge in [0.1, 0.15) is 5.60 Å². The molecule has 1 aliphatic heterocycles. The van der Waals surface area contributed by atoms with Gasteiger partial charge in [-0.1, -0.05) is 0 Å². The van der Waals surface area contributed by atoms with Gasteiger partial charge in [-0.15, -0.1) is 0 Å². The molecule has 0 radical (unpaired) electrons. The Morgan fingerprint density at radius 3 is 2.44 bits per heavy atom. The standard InChI is InChI=1S/C25H40N2O7/c1-17(2)27(15-19-14-26(16-20(19)28)24(30)34-25(3,4)5)23(29)18-9-10-21(32-7)22(13-18)33-12-8-11-31-6/h9-10,13,17,19-20,28H,8,11-12,14-16H2,1-7H3/t19-,20+/m1/s1. The third-order valence-electron chi connectivity index (χ3n) is 5.53. The van der Waals surface area contributed by atoms with E-state index in [1.165, 1.54) is 4.90 Å². The molecule has 0 bridgehead atoms. The summed E-state index contributed by atoms with van der Waals surface area (Å²) in [7, 11) is 3.19. The van der Waals surface area contributed by atoms with Gasteiger partial charge in [0.2, 0.25) is 0 Å². The number of amides is 2. The fraction of sp³-hybridized carbons (Fsp3) is 0.680. The molecule has 2 amide bonds. The van der Waals surface area contributed by atoms with Crippen LogP contribution in [0.3, 0.4) is 0 Å². The molecular weight excluding hydrogens is 440 g/mol. The molecule has 9 nitrogen and oxygen atoms in total. The number of hydrogen-bond donors (Lipinski definition) is 1. The molecule has 0 unspecified atom stereocenters. The lowest BCUT2D eigenvalue weighted by atomic mass is 10.0. The number of aliphatic hydroxyl groups excluding tert-OH is 1. The number of aliphatic hydroxyl groups is 1. The Bertz CT molecular complexity index is 822. The molecule has 192 valence electrons. The highest BCUT2D eigenvalue weighted by Crippen LogP contribution is 2.30. The number of likely N-dealkylation sites (tertiary alicyclic amines) is 1. The lowest BCUT2D eigenvalue weighted by Crippen LogP contribution is -2.43. The Balaban J connectivity index is 2.13. The van der Waals surface area contributed by atoms with Gasteiger partial charge >= 0.3 is 6.09 Å². The zero-order valence-corrected chi connectivity index (χ0v) is 21.5. The summed E-state index contributed by atoms with van der Waals surface area (Å²) in [5.41, 5.74) is -0.148. The van der Waals surface area contributed by atoms with Crippen molar-refractivity contribution in [2.75, 3.05) is 47.1 Å². The second-order valence-corrected chi connectivity index (χ2v) is 9.82. The number of benzene rings is 1. The van der Waals surface area contributed by atoms with Crippen molar-refractivity contribution in [3.05, 3.63) is 23.8 Å². The zero-order valence-electron chi connectivity index (χ0n) is 21.5. The lowest BCUT2D eigenvalue weighted by molar-refractivity contribution is 0.0269. The third-order valence-corrected chi connectivity index (χ3v) is 5.53. The molecule has 0 spiro atoms. The molecule has 2 atom stereocenters. The van der Waals surface area contributed by atoms with Crippen molar-refractivity contribution in [3.63, 3.8) is 0 Å². The van der Waals surface area contributed by atoms with E-state index in [4.69, 9.17) is 18.9 Å². The molecule has 1 N–H and O–H groups in total. The van der Waals surface area contributed by atoms with E-state index in [2.05, 4.69) is 0 Å². The minimum Gasteiger partial charge on any atom is -0.493 e. The second kappa shape index (κ2) is 12.3. The van der Waals surface area contributed by atoms with Crippen molar-refractivity contribution in [1.82, 2.24) is 9.80 Å². The average Bonchev–Trinajstić information content (AvgIpc) is 3.13. The quantitative estimate of drug-likeness (QED) is 0.514. The molecular formula is C25H40N2O7. The minimum atomic E-state index is -0.739. The van der Waals surface area contributed by atoms with Gasteiger partial charge in [-0.2, -0.15) is 0 Å². The summed E-state index contributed by atoms with van der Waals surface area (Å²) in [6.07, 6.45) is -0.483. The second-order valence-electron chi connectivity index (χ2n) is 9.82. The first-order valence-electron chi connectivity index (χ1n) is 11.7. The first-order valence-corrected chi connectivity index (χ1v) is 11.7. The molecule has 1 saturated heterocycles. The van der Waals surface area contributed by atoms with Crippen LogP contribution in [0, 0.1) is 5.92 Å². The van der Waals surface area contributed by atoms with Gasteiger partial charge in [0.05, 0.1) is 26.4 Å². The zero-order chi connectivity index (χ0) is 25.5. The van der Waals surface area contributed by atoms with Gasteiger partial charge in [-0.3, -0.25) is 4.79 Å². The fourth-order valence-electron chi connectivity index (χ4n) is 3.76. The van der Waals surface area contributed by atoms with Gasteiger partial charge in [0.15, 0.2) is 11.5 Å². The van der Waals surface area contributed by atoms with Crippen LogP contribution in [0.4, 0.5) is 4.79 Å². The Hall–Kier alpha value is -2.52. The molecule has 1 aromatic rings. The minimum absolute atomic E-state index is 0.108. The number of carbonyl (C=O) groups is 2. The maximum atomic E-state index is 13.4. The van der Waals surface area contributed by atoms with E-state index in [9.17, 15) is 14.7 Å². The Labute approximate surface area is 202 Å². The van der Waals surface area contributed by atoms with Crippen LogP contribution in [0.1, 0.15) is 51.4 Å². The predicted molar refractivity (Wildman–Crippen MR) is 128 cm³/mol. The van der Waals surface area contributed by atoms with Gasteiger partial charge in [0.25, 0.3) is 5.91 Å². The van der Waals surface area contributed by atoms with E-state index in [0.29, 0.717) is 49.8 Å². The van der Waals surface area contributed by atoms with Gasteiger partial charge in [-0.25, -0.2) is 4.79 Å². The number of nitrogens with zero attached hydrogens (tertiary/aromatic N) is 2. The highest BCUT2D eigenvalue weighted by atomic mass is 16.6. The summed E-state index contributed by atoms with van der Waals surface area (Å²) in [4.78, 5) is 29.1. The largest absolute Gasteiger partial charge is 0.493 e. The Morgan fingerprint density at radius 1 is 1.15 bits per heavy atom. The van der Waals surface area contributed by atoms with Crippen LogP contribution in [0.2, 0.25) is 0 Å². The summed E-state index contributed by atoms with van der Waals surface area (Å²) in [5.74, 6) is 0.582. The smallest absolute Gasteiger partial charge is 0.410 e. The molecule has 1 heterocycles. The van der Waals surface area contributed by atoms with Crippen molar-refractivity contribution < 1.29 is 33.6 Å². The number of methoxy groups -OCH3 is 2. The van der Waals surface area contributed by atoms with Crippen LogP contribution in [0.15, 0.2) is 18.2 Å². The summed E-state index contributed by atoms with van der Waals surface area (Å²) < 4.78 is 21.7. The maximum Gasteiger partial charge on any atom is 0.410 e. The van der Waals surface area contributed by atoms with Crippen molar-refractivity contribution >= 4 is 12.0 Å². The van der Waals surface area contributed by atoms with E-state index in [1.807, 2.05) is 13.8 Å². The van der Waals surface area contributed by atoms with E-state index in [-0.39, 0.29) is 24.4 Å². The molecule has 1 aromatic carbocycles. The van der Waals surface area contributed by atoms with Crippen molar-refractivity contribution in [2.45, 2.75) is 58.8 Å². The first-order chi connectivity index (χ1) is 16.0. The molecule has 9 heteroatoms. The highest BCUT2D eigenvalue weighted by Gasteiger charge is 2.38. The van der Waals surface area contributed by atoms with Gasteiger partial charge < -0.3 is 33.9 Å². The average molecular weight is 481 g/mol. The highest BCUT2D eigenvalue weighted by molar-refractivity contribution is 5.95. The van der Waals surface area contributed by atoms with Crippen LogP contribution in [-0.2, 0) is 9.47 Å². The number of β-amino-alcohol motifs (C(OH)–C–C–N with tert-alkyl or cyclic N) is 1. The number of ether oxygens (including phenoxy) is 4. The van der Waals surface area contributed by atoms with Crippen LogP contribution in [0.25, 0.3) is 0 Å². The van der Waals surface area contributed by atoms with Crippen molar-refractivity contribution in [2.24, 2.45) is 5.92 Å². The summed E-state index contributed by atoms with van der Waals surface area (Å²) in [6.45, 7) is 11.1. The van der Waals surface area contributed by atoms with Gasteiger partial charge in [-0.05, 0) is 52.8 Å². The normalized spacial score (nSPS) is 18.2. The number of rotatable bonds is 10. The monoisotopic (exact) mass is 480 g/mol. The molecule has 0 aromatic heterocycles. The topological polar surface area (TPSA) is 97.8 Å². The number of carbonyl (C=O) groups excluding carboxylic acids is 2. The van der Waals surface area contributed by atoms with Crippen LogP contribution in [-0.4, -0.2) is 91.7 Å².